The molecule has 0 fully saturated rings. The van der Waals surface area contributed by atoms with Crippen LogP contribution >= 0.6 is 0 Å². The van der Waals surface area contributed by atoms with Gasteiger partial charge in [-0.25, -0.2) is 0 Å². The van der Waals surface area contributed by atoms with E-state index in [9.17, 15) is 0 Å². The SMILES string of the molecule is CC.CC.CC.CC.CC.CC.CC.CC.CC.CC.CC.CC.CN(c1ccccc1)c1ccccc1.Cn1c2ccccc2c2cc(-n3c4ccccc4c4ccccc43)ccc21.Cn1c2ccccc2c2ccc3c4ccccc4n(-c4ccccc4)c3c21.Cn1c2ccccc2c2ccccc21. The molecule has 0 bridgehead atoms. The summed E-state index contributed by atoms with van der Waals surface area (Å²) >= 11 is 0. The van der Waals surface area contributed by atoms with Gasteiger partial charge in [0.05, 0.1) is 27.6 Å². The monoisotopic (exact) mass is 1420 g/mol. The van der Waals surface area contributed by atoms with Crippen LogP contribution in [0.3, 0.4) is 0 Å². The normalized spacial score (nSPS) is 9.51. The molecule has 106 heavy (non-hydrogen) atoms. The van der Waals surface area contributed by atoms with Crippen molar-refractivity contribution >= 4 is 120 Å². The average Bonchev–Trinajstić information content (AvgIpc) is 1.55. The molecular weight excluding hydrogens is 1290 g/mol. The third-order valence-electron chi connectivity index (χ3n) is 16.6. The van der Waals surface area contributed by atoms with Crippen LogP contribution in [-0.4, -0.2) is 29.9 Å². The average molecular weight is 1420 g/mol. The van der Waals surface area contributed by atoms with Gasteiger partial charge >= 0.3 is 0 Å². The first kappa shape index (κ1) is 91.5. The number of hydrogen-bond acceptors (Lipinski definition) is 1. The van der Waals surface area contributed by atoms with E-state index < -0.39 is 0 Å². The maximum absolute atomic E-state index is 2.41. The summed E-state index contributed by atoms with van der Waals surface area (Å²) in [5, 5.41) is 13.1. The van der Waals surface area contributed by atoms with E-state index in [2.05, 4.69) is 335 Å². The van der Waals surface area contributed by atoms with Gasteiger partial charge in [-0.2, -0.15) is 0 Å². The second-order valence-corrected chi connectivity index (χ2v) is 21.1. The molecule has 0 N–H and O–H groups in total. The molecule has 0 aliphatic rings. The Kier molecular flexibility index (Phi) is 43.8. The third kappa shape index (κ3) is 20.7. The molecule has 0 atom stereocenters. The van der Waals surface area contributed by atoms with Crippen LogP contribution in [-0.2, 0) is 21.1 Å². The summed E-state index contributed by atoms with van der Waals surface area (Å²) in [5.74, 6) is 0. The predicted octanol–water partition coefficient (Wildman–Crippen LogP) is 32.0. The number of para-hydroxylation sites is 10. The van der Waals surface area contributed by atoms with Crippen molar-refractivity contribution < 1.29 is 0 Å². The van der Waals surface area contributed by atoms with Gasteiger partial charge in [-0.1, -0.05) is 360 Å². The van der Waals surface area contributed by atoms with Crippen molar-refractivity contribution in [1.82, 2.24) is 22.8 Å². The highest BCUT2D eigenvalue weighted by Crippen LogP contribution is 2.41. The summed E-state index contributed by atoms with van der Waals surface area (Å²) in [6.07, 6.45) is 0. The third-order valence-corrected chi connectivity index (χ3v) is 16.6. The van der Waals surface area contributed by atoms with Crippen LogP contribution in [0.15, 0.2) is 291 Å². The quantitative estimate of drug-likeness (QED) is 0.173. The number of anilines is 2. The molecule has 0 unspecified atom stereocenters. The van der Waals surface area contributed by atoms with E-state index in [0.717, 1.165) is 0 Å². The molecule has 6 heteroatoms. The molecule has 562 valence electrons. The van der Waals surface area contributed by atoms with Gasteiger partial charge in [0.15, 0.2) is 0 Å². The number of rotatable bonds is 4. The zero-order chi connectivity index (χ0) is 79.3. The van der Waals surface area contributed by atoms with E-state index >= 15 is 0 Å². The van der Waals surface area contributed by atoms with E-state index in [1.54, 1.807) is 0 Å². The first-order chi connectivity index (χ1) is 52.4. The lowest BCUT2D eigenvalue weighted by Crippen LogP contribution is -2.08. The zero-order valence-electron chi connectivity index (χ0n) is 70.4. The highest BCUT2D eigenvalue weighted by Gasteiger charge is 2.19. The minimum atomic E-state index is 1.20. The summed E-state index contributed by atoms with van der Waals surface area (Å²) in [4.78, 5) is 2.17. The van der Waals surface area contributed by atoms with E-state index in [0.29, 0.717) is 0 Å². The Hall–Kier alpha value is -10.6. The summed E-state index contributed by atoms with van der Waals surface area (Å²) in [6.45, 7) is 48.0. The fraction of sp³-hybridized carbons (Fsp3) is 0.280. The minimum absolute atomic E-state index is 1.20. The lowest BCUT2D eigenvalue weighted by Gasteiger charge is -2.18. The Morgan fingerprint density at radius 2 is 0.415 bits per heavy atom. The van der Waals surface area contributed by atoms with E-state index in [1.807, 2.05) is 178 Å². The second kappa shape index (κ2) is 50.8. The number of aryl methyl sites for hydroxylation is 3. The number of fused-ring (bicyclic) bond motifs is 16. The molecule has 0 aliphatic carbocycles. The standard InChI is InChI=1S/2C25H18N2.C13H11N.C13H13N.12C2H6/c1-26-22-11-5-2-10-20(22)21-16-17(14-15-23(21)26)27-24-12-6-3-8-18(24)19-9-4-7-13-25(19)27;1-26-22-13-7-5-11-18(22)20-15-16-21-19-12-6-8-14-23(19)27(25(21)24(20)26)17-9-3-2-4-10-17;1-14-12-8-4-2-6-10(12)11-7-3-5-9-13(11)14;1-14(12-8-4-2-5-9-12)13-10-6-3-7-11-13;12*1-2/h2*2-16H,1H3;2-9H,1H3;2-11H,1H3;12*1-2H3. The summed E-state index contributed by atoms with van der Waals surface area (Å²) in [7, 11) is 8.51. The topological polar surface area (TPSA) is 27.9 Å². The minimum Gasteiger partial charge on any atom is -0.345 e. The molecule has 0 amide bonds. The largest absolute Gasteiger partial charge is 0.345 e. The van der Waals surface area contributed by atoms with Crippen LogP contribution in [0.25, 0.3) is 120 Å². The molecule has 5 aromatic heterocycles. The fourth-order valence-electron chi connectivity index (χ4n) is 12.6. The van der Waals surface area contributed by atoms with Gasteiger partial charge in [-0.05, 0) is 97.1 Å². The smallest absolute Gasteiger partial charge is 0.0785 e. The lowest BCUT2D eigenvalue weighted by atomic mass is 10.1. The molecule has 12 aromatic carbocycles. The van der Waals surface area contributed by atoms with Crippen LogP contribution in [0.5, 0.6) is 0 Å². The molecule has 17 rings (SSSR count). The van der Waals surface area contributed by atoms with Crippen LogP contribution in [0.4, 0.5) is 11.4 Å². The molecular formula is C100H132N6. The van der Waals surface area contributed by atoms with Gasteiger partial charge in [0, 0.05) is 132 Å². The molecule has 6 nitrogen and oxygen atoms in total. The fourth-order valence-corrected chi connectivity index (χ4v) is 12.6. The molecule has 0 aliphatic heterocycles. The predicted molar refractivity (Wildman–Crippen MR) is 487 cm³/mol. The Bertz CT molecular complexity index is 5010. The van der Waals surface area contributed by atoms with E-state index in [-0.39, 0.29) is 0 Å². The molecule has 0 radical (unpaired) electrons. The molecule has 0 saturated carbocycles. The van der Waals surface area contributed by atoms with Crippen molar-refractivity contribution in [2.24, 2.45) is 21.1 Å². The second-order valence-electron chi connectivity index (χ2n) is 21.1. The highest BCUT2D eigenvalue weighted by molar-refractivity contribution is 6.23. The van der Waals surface area contributed by atoms with Gasteiger partial charge in [0.2, 0.25) is 0 Å². The summed E-state index contributed by atoms with van der Waals surface area (Å²) in [5.41, 5.74) is 17.5. The number of aromatic nitrogens is 5. The number of benzene rings is 12. The first-order valence-electron chi connectivity index (χ1n) is 40.1. The first-order valence-corrected chi connectivity index (χ1v) is 40.1. The van der Waals surface area contributed by atoms with Gasteiger partial charge in [-0.3, -0.25) is 0 Å². The van der Waals surface area contributed by atoms with Crippen LogP contribution in [0.1, 0.15) is 166 Å². The highest BCUT2D eigenvalue weighted by atomic mass is 15.1. The van der Waals surface area contributed by atoms with Gasteiger partial charge < -0.3 is 27.7 Å². The van der Waals surface area contributed by atoms with Gasteiger partial charge in [0.25, 0.3) is 0 Å². The van der Waals surface area contributed by atoms with Crippen molar-refractivity contribution in [2.45, 2.75) is 166 Å². The van der Waals surface area contributed by atoms with Crippen molar-refractivity contribution in [1.29, 1.82) is 0 Å². The van der Waals surface area contributed by atoms with Crippen molar-refractivity contribution in [2.75, 3.05) is 11.9 Å². The number of nitrogens with zero attached hydrogens (tertiary/aromatic N) is 6. The summed E-state index contributed by atoms with van der Waals surface area (Å²) < 4.78 is 11.6. The number of hydrogen-bond donors (Lipinski definition) is 0. The van der Waals surface area contributed by atoms with Gasteiger partial charge in [0.1, 0.15) is 0 Å². The van der Waals surface area contributed by atoms with E-state index in [4.69, 9.17) is 0 Å². The Morgan fingerprint density at radius 3 is 0.764 bits per heavy atom. The molecule has 0 saturated heterocycles. The van der Waals surface area contributed by atoms with Crippen LogP contribution in [0.2, 0.25) is 0 Å². The van der Waals surface area contributed by atoms with Gasteiger partial charge in [-0.15, -0.1) is 0 Å². The van der Waals surface area contributed by atoms with Crippen LogP contribution in [0, 0.1) is 0 Å². The zero-order valence-corrected chi connectivity index (χ0v) is 70.4. The Morgan fingerprint density at radius 1 is 0.179 bits per heavy atom. The Labute approximate surface area is 641 Å². The maximum atomic E-state index is 2.41. The Balaban J connectivity index is 0.000000450. The van der Waals surface area contributed by atoms with Crippen LogP contribution < -0.4 is 4.90 Å². The van der Waals surface area contributed by atoms with Crippen molar-refractivity contribution in [3.63, 3.8) is 0 Å². The lowest BCUT2D eigenvalue weighted by molar-refractivity contribution is 1.01. The summed E-state index contributed by atoms with van der Waals surface area (Å²) in [6, 6.07) is 103. The molecule has 0 spiro atoms. The van der Waals surface area contributed by atoms with E-state index in [1.165, 1.54) is 132 Å². The van der Waals surface area contributed by atoms with Crippen molar-refractivity contribution in [3.05, 3.63) is 291 Å². The molecule has 17 aromatic rings. The van der Waals surface area contributed by atoms with Crippen molar-refractivity contribution in [3.8, 4) is 11.4 Å². The molecule has 5 heterocycles. The maximum Gasteiger partial charge on any atom is 0.0785 e.